The van der Waals surface area contributed by atoms with Gasteiger partial charge >= 0.3 is 0 Å². The molecule has 7 heteroatoms. The van der Waals surface area contributed by atoms with Crippen molar-refractivity contribution >= 4 is 28.8 Å². The number of carbonyl (C=O) groups is 2. The van der Waals surface area contributed by atoms with E-state index in [9.17, 15) is 9.59 Å². The Morgan fingerprint density at radius 1 is 1.15 bits per heavy atom. The molecule has 1 aromatic heterocycles. The first-order chi connectivity index (χ1) is 13.0. The molecule has 4 rings (SSSR count). The van der Waals surface area contributed by atoms with E-state index in [1.54, 1.807) is 5.38 Å². The molecule has 27 heavy (non-hydrogen) atoms. The van der Waals surface area contributed by atoms with E-state index in [2.05, 4.69) is 47.2 Å². The monoisotopic (exact) mass is 384 g/mol. The molecule has 1 saturated heterocycles. The van der Waals surface area contributed by atoms with Crippen LogP contribution in [0, 0.1) is 13.8 Å². The molecule has 0 radical (unpaired) electrons. The van der Waals surface area contributed by atoms with E-state index in [1.807, 2.05) is 4.90 Å². The summed E-state index contributed by atoms with van der Waals surface area (Å²) in [6, 6.07) is 6.76. The summed E-state index contributed by atoms with van der Waals surface area (Å²) in [6.07, 6.45) is 2.07. The first-order valence-electron chi connectivity index (χ1n) is 9.39. The van der Waals surface area contributed by atoms with Crippen LogP contribution in [0.3, 0.4) is 0 Å². The number of amides is 2. The molecule has 0 spiro atoms. The zero-order chi connectivity index (χ0) is 19.0. The maximum Gasteiger partial charge on any atom is 0.280 e. The number of aromatic nitrogens is 1. The second-order valence-corrected chi connectivity index (χ2v) is 8.21. The Kier molecular flexibility index (Phi) is 4.86. The zero-order valence-electron chi connectivity index (χ0n) is 15.7. The number of aryl methyl sites for hydroxylation is 2. The van der Waals surface area contributed by atoms with E-state index >= 15 is 0 Å². The molecule has 0 bridgehead atoms. The standard InChI is InChI=1S/C20H24N4O2S/c1-13-3-4-14(2)17(11-13)23-7-9-24(10-8-23)20(26)16-12-27-19(22-16)18(25)21-15-5-6-15/h3-4,11-12,15H,5-10H2,1-2H3,(H,21,25). The molecule has 1 N–H and O–H groups in total. The summed E-state index contributed by atoms with van der Waals surface area (Å²) in [5.74, 6) is -0.251. The average Bonchev–Trinajstić information content (AvgIpc) is 3.34. The van der Waals surface area contributed by atoms with E-state index < -0.39 is 0 Å². The van der Waals surface area contributed by atoms with Gasteiger partial charge in [0.05, 0.1) is 0 Å². The smallest absolute Gasteiger partial charge is 0.280 e. The lowest BCUT2D eigenvalue weighted by Gasteiger charge is -2.36. The molecule has 1 saturated carbocycles. The summed E-state index contributed by atoms with van der Waals surface area (Å²) in [5, 5.41) is 4.98. The van der Waals surface area contributed by atoms with E-state index in [4.69, 9.17) is 0 Å². The molecular weight excluding hydrogens is 360 g/mol. The van der Waals surface area contributed by atoms with Gasteiger partial charge in [0, 0.05) is 43.3 Å². The van der Waals surface area contributed by atoms with Crippen LogP contribution in [0.15, 0.2) is 23.6 Å². The lowest BCUT2D eigenvalue weighted by atomic mass is 10.1. The predicted octanol–water partition coefficient (Wildman–Crippen LogP) is 2.61. The molecule has 2 aromatic rings. The average molecular weight is 385 g/mol. The number of carbonyl (C=O) groups excluding carboxylic acids is 2. The van der Waals surface area contributed by atoms with Crippen LogP contribution in [0.25, 0.3) is 0 Å². The van der Waals surface area contributed by atoms with Crippen LogP contribution in [0.5, 0.6) is 0 Å². The first-order valence-corrected chi connectivity index (χ1v) is 10.3. The molecule has 2 fully saturated rings. The topological polar surface area (TPSA) is 65.5 Å². The summed E-state index contributed by atoms with van der Waals surface area (Å²) >= 11 is 1.24. The van der Waals surface area contributed by atoms with Crippen molar-refractivity contribution in [1.82, 2.24) is 15.2 Å². The highest BCUT2D eigenvalue weighted by molar-refractivity contribution is 7.11. The third-order valence-corrected chi connectivity index (χ3v) is 5.94. The fourth-order valence-corrected chi connectivity index (χ4v) is 4.02. The Morgan fingerprint density at radius 2 is 1.89 bits per heavy atom. The maximum absolute atomic E-state index is 12.8. The van der Waals surface area contributed by atoms with Gasteiger partial charge in [-0.25, -0.2) is 4.98 Å². The summed E-state index contributed by atoms with van der Waals surface area (Å²) in [6.45, 7) is 7.14. The molecule has 142 valence electrons. The number of hydrogen-bond acceptors (Lipinski definition) is 5. The number of hydrogen-bond donors (Lipinski definition) is 1. The van der Waals surface area contributed by atoms with Crippen molar-refractivity contribution < 1.29 is 9.59 Å². The minimum Gasteiger partial charge on any atom is -0.368 e. The molecule has 2 amide bonds. The van der Waals surface area contributed by atoms with Crippen molar-refractivity contribution in [1.29, 1.82) is 0 Å². The second-order valence-electron chi connectivity index (χ2n) is 7.35. The summed E-state index contributed by atoms with van der Waals surface area (Å²) < 4.78 is 0. The Labute approximate surface area is 163 Å². The van der Waals surface area contributed by atoms with Crippen molar-refractivity contribution in [2.75, 3.05) is 31.1 Å². The molecule has 0 atom stereocenters. The van der Waals surface area contributed by atoms with E-state index in [1.165, 1.54) is 28.2 Å². The van der Waals surface area contributed by atoms with E-state index in [-0.39, 0.29) is 11.8 Å². The molecular formula is C20H24N4O2S. The van der Waals surface area contributed by atoms with Crippen molar-refractivity contribution in [2.45, 2.75) is 32.7 Å². The molecule has 6 nitrogen and oxygen atoms in total. The number of nitrogens with one attached hydrogen (secondary N) is 1. The normalized spacial score (nSPS) is 17.1. The largest absolute Gasteiger partial charge is 0.368 e. The number of thiazole rings is 1. The SMILES string of the molecule is Cc1ccc(C)c(N2CCN(C(=O)c3csc(C(=O)NC4CC4)n3)CC2)c1. The van der Waals surface area contributed by atoms with Crippen LogP contribution in [0.1, 0.15) is 44.3 Å². The van der Waals surface area contributed by atoms with E-state index in [0.29, 0.717) is 29.8 Å². The van der Waals surface area contributed by atoms with E-state index in [0.717, 1.165) is 25.9 Å². The lowest BCUT2D eigenvalue weighted by molar-refractivity contribution is 0.0741. The zero-order valence-corrected chi connectivity index (χ0v) is 16.5. The van der Waals surface area contributed by atoms with Crippen LogP contribution in [-0.4, -0.2) is 53.9 Å². The van der Waals surface area contributed by atoms with Crippen LogP contribution in [-0.2, 0) is 0 Å². The molecule has 2 aliphatic rings. The van der Waals surface area contributed by atoms with Gasteiger partial charge in [-0.1, -0.05) is 12.1 Å². The van der Waals surface area contributed by atoms with Crippen LogP contribution in [0.2, 0.25) is 0 Å². The van der Waals surface area contributed by atoms with Gasteiger partial charge in [-0.2, -0.15) is 0 Å². The van der Waals surface area contributed by atoms with Crippen LogP contribution >= 0.6 is 11.3 Å². The third kappa shape index (κ3) is 3.98. The first kappa shape index (κ1) is 18.0. The number of rotatable bonds is 4. The van der Waals surface area contributed by atoms with Gasteiger partial charge in [-0.05, 0) is 43.9 Å². The molecule has 1 aliphatic heterocycles. The summed E-state index contributed by atoms with van der Waals surface area (Å²) in [5.41, 5.74) is 4.12. The number of anilines is 1. The highest BCUT2D eigenvalue weighted by Gasteiger charge is 2.28. The van der Waals surface area contributed by atoms with Crippen molar-refractivity contribution in [3.63, 3.8) is 0 Å². The number of piperazine rings is 1. The Morgan fingerprint density at radius 3 is 2.59 bits per heavy atom. The Bertz CT molecular complexity index is 867. The molecule has 1 aromatic carbocycles. The minimum absolute atomic E-state index is 0.0858. The van der Waals surface area contributed by atoms with Gasteiger partial charge in [0.15, 0.2) is 5.01 Å². The maximum atomic E-state index is 12.8. The van der Waals surface area contributed by atoms with Gasteiger partial charge < -0.3 is 15.1 Å². The molecule has 2 heterocycles. The van der Waals surface area contributed by atoms with Gasteiger partial charge in [0.2, 0.25) is 0 Å². The van der Waals surface area contributed by atoms with Crippen molar-refractivity contribution in [3.8, 4) is 0 Å². The fourth-order valence-electron chi connectivity index (χ4n) is 3.32. The highest BCUT2D eigenvalue weighted by Crippen LogP contribution is 2.24. The minimum atomic E-state index is -0.165. The Hall–Kier alpha value is -2.41. The molecule has 1 aliphatic carbocycles. The van der Waals surface area contributed by atoms with Crippen LogP contribution in [0.4, 0.5) is 5.69 Å². The highest BCUT2D eigenvalue weighted by atomic mass is 32.1. The predicted molar refractivity (Wildman–Crippen MR) is 107 cm³/mol. The Balaban J connectivity index is 1.38. The van der Waals surface area contributed by atoms with Gasteiger partial charge in [-0.15, -0.1) is 11.3 Å². The number of benzene rings is 1. The lowest BCUT2D eigenvalue weighted by Crippen LogP contribution is -2.49. The van der Waals surface area contributed by atoms with Crippen LogP contribution < -0.4 is 10.2 Å². The van der Waals surface area contributed by atoms with Crippen molar-refractivity contribution in [2.24, 2.45) is 0 Å². The summed E-state index contributed by atoms with van der Waals surface area (Å²) in [4.78, 5) is 33.3. The van der Waals surface area contributed by atoms with Crippen molar-refractivity contribution in [3.05, 3.63) is 45.4 Å². The number of nitrogens with zero attached hydrogens (tertiary/aromatic N) is 3. The quantitative estimate of drug-likeness (QED) is 0.880. The van der Waals surface area contributed by atoms with Gasteiger partial charge in [0.1, 0.15) is 5.69 Å². The van der Waals surface area contributed by atoms with Gasteiger partial charge in [0.25, 0.3) is 11.8 Å². The van der Waals surface area contributed by atoms with Gasteiger partial charge in [-0.3, -0.25) is 9.59 Å². The third-order valence-electron chi connectivity index (χ3n) is 5.10. The molecule has 0 unspecified atom stereocenters. The summed E-state index contributed by atoms with van der Waals surface area (Å²) in [7, 11) is 0. The second kappa shape index (κ2) is 7.31. The fraction of sp³-hybridized carbons (Fsp3) is 0.450.